The molecule has 0 aliphatic carbocycles. The first-order chi connectivity index (χ1) is 17.1. The predicted molar refractivity (Wildman–Crippen MR) is 193 cm³/mol. The third kappa shape index (κ3) is 18.1. The van der Waals surface area contributed by atoms with Gasteiger partial charge in [-0.05, 0) is 24.2 Å². The van der Waals surface area contributed by atoms with Crippen LogP contribution in [0.2, 0.25) is 125 Å². The second-order valence-electron chi connectivity index (χ2n) is 15.5. The zero-order valence-corrected chi connectivity index (χ0v) is 32.0. The largest absolute Gasteiger partial charge is 0.103 e. The Kier molecular flexibility index (Phi) is 17.7. The molecule has 0 amide bonds. The molecule has 0 heterocycles. The molecule has 0 spiro atoms. The molecule has 0 fully saturated rings. The molecule has 0 bridgehead atoms. The van der Waals surface area contributed by atoms with Gasteiger partial charge in [0.1, 0.15) is 0 Å². The van der Waals surface area contributed by atoms with Gasteiger partial charge in [-0.25, -0.2) is 0 Å². The lowest BCUT2D eigenvalue weighted by Crippen LogP contribution is -2.37. The van der Waals surface area contributed by atoms with Gasteiger partial charge >= 0.3 is 0 Å². The molecule has 0 aliphatic heterocycles. The van der Waals surface area contributed by atoms with Gasteiger partial charge in [0.05, 0.1) is 40.4 Å². The third-order valence-electron chi connectivity index (χ3n) is 9.03. The molecule has 0 saturated heterocycles. The van der Waals surface area contributed by atoms with Gasteiger partial charge in [0, 0.05) is 0 Å². The molecule has 0 aromatic heterocycles. The highest BCUT2D eigenvalue weighted by Crippen LogP contribution is 2.38. The lowest BCUT2D eigenvalue weighted by molar-refractivity contribution is 0.860. The summed E-state index contributed by atoms with van der Waals surface area (Å²) in [4.78, 5) is 0. The van der Waals surface area contributed by atoms with Crippen LogP contribution in [0, 0.1) is 0 Å². The topological polar surface area (TPSA) is 0 Å². The van der Waals surface area contributed by atoms with E-state index in [0.717, 1.165) is 0 Å². The zero-order valence-electron chi connectivity index (χ0n) is 27.0. The molecule has 0 unspecified atom stereocenters. The Bertz CT molecular complexity index is 557. The Morgan fingerprint density at radius 2 is 0.541 bits per heavy atom. The van der Waals surface area contributed by atoms with Gasteiger partial charge < -0.3 is 0 Å². The van der Waals surface area contributed by atoms with Crippen molar-refractivity contribution in [2.24, 2.45) is 0 Å². The Labute approximate surface area is 240 Å². The summed E-state index contributed by atoms with van der Waals surface area (Å²) in [6.45, 7) is 37.0. The summed E-state index contributed by atoms with van der Waals surface area (Å²) in [6.07, 6.45) is 14.8. The van der Waals surface area contributed by atoms with Crippen LogP contribution in [0.15, 0.2) is 50.6 Å². The monoisotopic (exact) mass is 592 g/mol. The fourth-order valence-corrected chi connectivity index (χ4v) is 21.6. The van der Waals surface area contributed by atoms with E-state index in [1.165, 1.54) is 74.0 Å². The molecule has 216 valence electrons. The minimum Gasteiger partial charge on any atom is -0.103 e. The Hall–Kier alpha value is 0.0444. The van der Waals surface area contributed by atoms with E-state index in [-0.39, 0.29) is 0 Å². The first kappa shape index (κ1) is 37.0. The van der Waals surface area contributed by atoms with Crippen LogP contribution in [0.4, 0.5) is 0 Å². The summed E-state index contributed by atoms with van der Waals surface area (Å²) >= 11 is 0. The molecular formula is C32H68Si5. The summed E-state index contributed by atoms with van der Waals surface area (Å²) in [6, 6.07) is 17.5. The fourth-order valence-electron chi connectivity index (χ4n) is 6.49. The van der Waals surface area contributed by atoms with Crippen LogP contribution in [-0.4, -0.2) is 40.4 Å². The van der Waals surface area contributed by atoms with E-state index >= 15 is 0 Å². The maximum absolute atomic E-state index is 4.07. The van der Waals surface area contributed by atoms with Gasteiger partial charge in [0.25, 0.3) is 0 Å². The van der Waals surface area contributed by atoms with Gasteiger partial charge in [-0.2, -0.15) is 0 Å². The van der Waals surface area contributed by atoms with Crippen molar-refractivity contribution in [1.29, 1.82) is 0 Å². The second-order valence-corrected chi connectivity index (χ2v) is 41.5. The maximum atomic E-state index is 4.07. The van der Waals surface area contributed by atoms with E-state index < -0.39 is 40.4 Å². The molecule has 0 rings (SSSR count). The number of allylic oxidation sites excluding steroid dienone is 4. The van der Waals surface area contributed by atoms with Gasteiger partial charge in [0.2, 0.25) is 0 Å². The summed E-state index contributed by atoms with van der Waals surface area (Å²) in [7, 11) is -5.81. The lowest BCUT2D eigenvalue weighted by Gasteiger charge is -2.36. The van der Waals surface area contributed by atoms with Crippen molar-refractivity contribution < 1.29 is 0 Å². The van der Waals surface area contributed by atoms with E-state index in [9.17, 15) is 0 Å². The number of rotatable bonds is 24. The fraction of sp³-hybridized carbons (Fsp3) is 0.750. The van der Waals surface area contributed by atoms with E-state index in [0.29, 0.717) is 0 Å². The van der Waals surface area contributed by atoms with Crippen LogP contribution >= 0.6 is 0 Å². The van der Waals surface area contributed by atoms with Crippen molar-refractivity contribution >= 4 is 40.4 Å². The molecule has 0 aromatic rings. The van der Waals surface area contributed by atoms with Crippen LogP contribution in [-0.2, 0) is 0 Å². The van der Waals surface area contributed by atoms with Gasteiger partial charge in [-0.3, -0.25) is 0 Å². The van der Waals surface area contributed by atoms with Crippen LogP contribution in [0.3, 0.4) is 0 Å². The first-order valence-electron chi connectivity index (χ1n) is 15.5. The number of hydrogen-bond acceptors (Lipinski definition) is 0. The van der Waals surface area contributed by atoms with Crippen molar-refractivity contribution in [3.8, 4) is 0 Å². The average molecular weight is 593 g/mol. The van der Waals surface area contributed by atoms with Crippen molar-refractivity contribution in [1.82, 2.24) is 0 Å². The SMILES string of the molecule is C=CC[Si](C)(C)CCC[Si](CCC[Si](C)(C)CC=C)(CCC[Si](C)(C)CC=C)CCC[Si](C)(C)CC=C. The zero-order chi connectivity index (χ0) is 28.6. The Morgan fingerprint density at radius 3 is 0.703 bits per heavy atom. The average Bonchev–Trinajstić information content (AvgIpc) is 2.72. The minimum absolute atomic E-state index is 1.13. The smallest absolute Gasteiger partial charge is 0.0535 e. The standard InChI is InChI=1S/C32H68Si5/c1-13-21-33(5,6)25-17-29-37(30-18-26-34(7,8)22-14-2,31-19-27-35(9,10)23-15-3)32-20-28-36(11,12)24-16-4/h13-16H,1-4,17-32H2,5-12H3. The van der Waals surface area contributed by atoms with Crippen molar-refractivity contribution in [3.63, 3.8) is 0 Å². The molecule has 5 heteroatoms. The highest BCUT2D eigenvalue weighted by atomic mass is 28.3. The third-order valence-corrected chi connectivity index (χ3v) is 27.1. The molecular weight excluding hydrogens is 525 g/mol. The molecule has 0 atom stereocenters. The Balaban J connectivity index is 5.73. The van der Waals surface area contributed by atoms with Gasteiger partial charge in [0.15, 0.2) is 0 Å². The van der Waals surface area contributed by atoms with Crippen molar-refractivity contribution in [2.45, 2.75) is 151 Å². The van der Waals surface area contributed by atoms with Gasteiger partial charge in [-0.15, -0.1) is 26.3 Å². The molecule has 37 heavy (non-hydrogen) atoms. The Morgan fingerprint density at radius 1 is 0.351 bits per heavy atom. The lowest BCUT2D eigenvalue weighted by atomic mass is 10.5. The van der Waals surface area contributed by atoms with E-state index in [1.807, 2.05) is 0 Å². The summed E-state index contributed by atoms with van der Waals surface area (Å²) in [5, 5.41) is 0. The quantitative estimate of drug-likeness (QED) is 0.0772. The molecule has 0 aliphatic rings. The van der Waals surface area contributed by atoms with Crippen molar-refractivity contribution in [2.75, 3.05) is 0 Å². The highest BCUT2D eigenvalue weighted by Gasteiger charge is 2.34. The summed E-state index contributed by atoms with van der Waals surface area (Å²) in [5.74, 6) is 0. The van der Waals surface area contributed by atoms with Crippen LogP contribution in [0.5, 0.6) is 0 Å². The molecule has 0 N–H and O–H groups in total. The summed E-state index contributed by atoms with van der Waals surface area (Å²) < 4.78 is 0. The predicted octanol–water partition coefficient (Wildman–Crippen LogP) is 12.6. The van der Waals surface area contributed by atoms with Crippen LogP contribution in [0.1, 0.15) is 25.7 Å². The second kappa shape index (κ2) is 17.7. The van der Waals surface area contributed by atoms with Crippen molar-refractivity contribution in [3.05, 3.63) is 50.6 Å². The minimum atomic E-state index is -1.30. The van der Waals surface area contributed by atoms with Gasteiger partial charge in [-0.1, -0.05) is 151 Å². The maximum Gasteiger partial charge on any atom is 0.0535 e. The van der Waals surface area contributed by atoms with Crippen LogP contribution in [0.25, 0.3) is 0 Å². The molecule has 0 aromatic carbocycles. The van der Waals surface area contributed by atoms with E-state index in [4.69, 9.17) is 0 Å². The van der Waals surface area contributed by atoms with E-state index in [2.05, 4.69) is 103 Å². The molecule has 0 saturated carbocycles. The first-order valence-corrected chi connectivity index (χ1v) is 32.0. The normalized spacial score (nSPS) is 13.4. The highest BCUT2D eigenvalue weighted by molar-refractivity contribution is 6.82. The number of hydrogen-bond donors (Lipinski definition) is 0. The molecule has 0 nitrogen and oxygen atoms in total. The molecule has 0 radical (unpaired) electrons. The van der Waals surface area contributed by atoms with E-state index in [1.54, 1.807) is 24.2 Å². The van der Waals surface area contributed by atoms with Crippen LogP contribution < -0.4 is 0 Å². The summed E-state index contributed by atoms with van der Waals surface area (Å²) in [5.41, 5.74) is 0.